The molecule has 2 fully saturated rings. The molecule has 2 aliphatic rings. The van der Waals surface area contributed by atoms with Gasteiger partial charge in [-0.15, -0.1) is 0 Å². The Morgan fingerprint density at radius 2 is 1.77 bits per heavy atom. The van der Waals surface area contributed by atoms with E-state index in [1.165, 1.54) is 12.0 Å². The summed E-state index contributed by atoms with van der Waals surface area (Å²) in [5, 5.41) is 22.2. The number of β-amino-alcohol motifs (C(OH)–C–C–N with tert-alkyl or cyclic N) is 2. The fraction of sp³-hybridized carbons (Fsp3) is 0.667. The number of hydrogen-bond donors (Lipinski definition) is 2. The quantitative estimate of drug-likeness (QED) is 0.629. The number of hydrogen-bond acceptors (Lipinski definition) is 7. The van der Waals surface area contributed by atoms with E-state index >= 15 is 0 Å². The van der Waals surface area contributed by atoms with Crippen LogP contribution in [-0.2, 0) is 14.3 Å². The minimum atomic E-state index is -1.52. The monoisotopic (exact) mass is 444 g/mol. The van der Waals surface area contributed by atoms with E-state index in [0.717, 1.165) is 18.2 Å². The van der Waals surface area contributed by atoms with Gasteiger partial charge in [0.15, 0.2) is 0 Å². The van der Waals surface area contributed by atoms with Crippen LogP contribution >= 0.6 is 0 Å². The first kappa shape index (κ1) is 23.8. The lowest BCUT2D eigenvalue weighted by Crippen LogP contribution is -2.55. The third-order valence-corrected chi connectivity index (χ3v) is 5.59. The van der Waals surface area contributed by atoms with Gasteiger partial charge in [0.2, 0.25) is 5.91 Å². The Morgan fingerprint density at radius 1 is 1.10 bits per heavy atom. The topological polar surface area (TPSA) is 91.7 Å². The number of carbonyl (C=O) groups excluding carboxylic acids is 1. The van der Waals surface area contributed by atoms with E-state index in [-0.39, 0.29) is 38.0 Å². The minimum absolute atomic E-state index is 0.0367. The van der Waals surface area contributed by atoms with Crippen LogP contribution in [0, 0.1) is 11.6 Å². The van der Waals surface area contributed by atoms with Gasteiger partial charge >= 0.3 is 0 Å². The highest BCUT2D eigenvalue weighted by atomic mass is 19.1. The maximum absolute atomic E-state index is 13.5. The van der Waals surface area contributed by atoms with Crippen LogP contribution in [0.15, 0.2) is 18.2 Å². The highest BCUT2D eigenvalue weighted by Crippen LogP contribution is 2.25. The van der Waals surface area contributed by atoms with E-state index < -0.39 is 22.8 Å². The second-order valence-electron chi connectivity index (χ2n) is 8.41. The van der Waals surface area contributed by atoms with Crippen LogP contribution in [0.5, 0.6) is 5.75 Å². The molecule has 31 heavy (non-hydrogen) atoms. The summed E-state index contributed by atoms with van der Waals surface area (Å²) in [5.41, 5.74) is -2.47. The van der Waals surface area contributed by atoms with Gasteiger partial charge in [0.25, 0.3) is 0 Å². The molecule has 0 radical (unpaired) electrons. The van der Waals surface area contributed by atoms with Crippen LogP contribution in [0.3, 0.4) is 0 Å². The van der Waals surface area contributed by atoms with Crippen molar-refractivity contribution in [2.75, 3.05) is 66.3 Å². The van der Waals surface area contributed by atoms with Crippen molar-refractivity contribution in [1.82, 2.24) is 9.80 Å². The Morgan fingerprint density at radius 3 is 2.42 bits per heavy atom. The first-order valence-corrected chi connectivity index (χ1v) is 10.3. The predicted octanol–water partition coefficient (Wildman–Crippen LogP) is 0.407. The second kappa shape index (κ2) is 10.2. The molecule has 3 rings (SSSR count). The van der Waals surface area contributed by atoms with Gasteiger partial charge < -0.3 is 29.3 Å². The zero-order chi connectivity index (χ0) is 22.5. The summed E-state index contributed by atoms with van der Waals surface area (Å²) in [4.78, 5) is 15.8. The fourth-order valence-electron chi connectivity index (χ4n) is 4.05. The van der Waals surface area contributed by atoms with E-state index in [2.05, 4.69) is 0 Å². The Balaban J connectivity index is 1.74. The van der Waals surface area contributed by atoms with Gasteiger partial charge in [-0.05, 0) is 0 Å². The minimum Gasteiger partial charge on any atom is -0.490 e. The maximum atomic E-state index is 13.5. The summed E-state index contributed by atoms with van der Waals surface area (Å²) < 4.78 is 42.7. The molecule has 2 N–H and O–H groups in total. The van der Waals surface area contributed by atoms with Crippen LogP contribution in [0.4, 0.5) is 8.78 Å². The van der Waals surface area contributed by atoms with Crippen molar-refractivity contribution in [3.8, 4) is 5.75 Å². The summed E-state index contributed by atoms with van der Waals surface area (Å²) in [5.74, 6) is -1.92. The van der Waals surface area contributed by atoms with Crippen molar-refractivity contribution in [2.24, 2.45) is 0 Å². The van der Waals surface area contributed by atoms with Crippen molar-refractivity contribution in [3.05, 3.63) is 29.8 Å². The van der Waals surface area contributed by atoms with Crippen molar-refractivity contribution in [1.29, 1.82) is 0 Å². The number of ether oxygens (including phenoxy) is 3. The molecule has 174 valence electrons. The van der Waals surface area contributed by atoms with Crippen LogP contribution in [0.25, 0.3) is 0 Å². The van der Waals surface area contributed by atoms with Gasteiger partial charge in [0.1, 0.15) is 36.2 Å². The molecule has 0 aromatic heterocycles. The van der Waals surface area contributed by atoms with Crippen LogP contribution < -0.4 is 4.74 Å². The Kier molecular flexibility index (Phi) is 7.82. The molecule has 2 aliphatic heterocycles. The van der Waals surface area contributed by atoms with Crippen molar-refractivity contribution in [3.63, 3.8) is 0 Å². The summed E-state index contributed by atoms with van der Waals surface area (Å²) in [6.45, 7) is 1.66. The van der Waals surface area contributed by atoms with Crippen molar-refractivity contribution in [2.45, 2.75) is 24.0 Å². The van der Waals surface area contributed by atoms with Gasteiger partial charge in [-0.1, -0.05) is 0 Å². The number of benzene rings is 1. The number of carbonyl (C=O) groups is 1. The summed E-state index contributed by atoms with van der Waals surface area (Å²) >= 11 is 0. The van der Waals surface area contributed by atoms with Crippen LogP contribution in [0.1, 0.15) is 12.8 Å². The van der Waals surface area contributed by atoms with E-state index in [0.29, 0.717) is 45.7 Å². The molecule has 1 amide bonds. The molecule has 0 spiro atoms. The smallest absolute Gasteiger partial charge is 0.248 e. The van der Waals surface area contributed by atoms with E-state index in [9.17, 15) is 23.8 Å². The Labute approximate surface area is 180 Å². The number of amides is 1. The number of aliphatic hydroxyl groups is 2. The SMILES string of the molecule is COCC(=O)N1CCN(CC2(O)CCOCC2)C[C@@](O)(COc2cc(F)cc(F)c2)C1. The zero-order valence-corrected chi connectivity index (χ0v) is 17.7. The molecule has 1 aromatic carbocycles. The lowest BCUT2D eigenvalue weighted by molar-refractivity contribution is -0.138. The van der Waals surface area contributed by atoms with Gasteiger partial charge in [-0.2, -0.15) is 0 Å². The predicted molar refractivity (Wildman–Crippen MR) is 107 cm³/mol. The van der Waals surface area contributed by atoms with Gasteiger partial charge in [-0.25, -0.2) is 8.78 Å². The fourth-order valence-corrected chi connectivity index (χ4v) is 4.05. The molecule has 10 heteroatoms. The summed E-state index contributed by atoms with van der Waals surface area (Å²) in [6.07, 6.45) is 0.959. The molecule has 1 atom stereocenters. The lowest BCUT2D eigenvalue weighted by atomic mass is 9.93. The van der Waals surface area contributed by atoms with Gasteiger partial charge in [0, 0.05) is 77.5 Å². The second-order valence-corrected chi connectivity index (χ2v) is 8.41. The number of nitrogens with zero attached hydrogens (tertiary/aromatic N) is 2. The van der Waals surface area contributed by atoms with Crippen molar-refractivity contribution < 1.29 is 38.0 Å². The molecule has 0 unspecified atom stereocenters. The Bertz CT molecular complexity index is 741. The van der Waals surface area contributed by atoms with E-state index in [1.807, 2.05) is 4.90 Å². The summed E-state index contributed by atoms with van der Waals surface area (Å²) in [7, 11) is 1.41. The summed E-state index contributed by atoms with van der Waals surface area (Å²) in [6, 6.07) is 2.79. The normalized spacial score (nSPS) is 24.6. The highest BCUT2D eigenvalue weighted by Gasteiger charge is 2.40. The third-order valence-electron chi connectivity index (χ3n) is 5.59. The number of methoxy groups -OCH3 is 1. The molecule has 2 heterocycles. The molecule has 0 aliphatic carbocycles. The van der Waals surface area contributed by atoms with E-state index in [4.69, 9.17) is 14.2 Å². The maximum Gasteiger partial charge on any atom is 0.248 e. The van der Waals surface area contributed by atoms with E-state index in [1.54, 1.807) is 0 Å². The standard InChI is InChI=1S/C21H30F2N2O6/c1-29-11-19(26)25-5-4-24(12-20(27)2-6-30-7-3-20)13-21(28,14-25)15-31-18-9-16(22)8-17(23)10-18/h8-10,27-28H,2-7,11-15H2,1H3/t21-/m0/s1. The average molecular weight is 444 g/mol. The molecule has 8 nitrogen and oxygen atoms in total. The molecular formula is C21H30F2N2O6. The van der Waals surface area contributed by atoms with Crippen molar-refractivity contribution >= 4 is 5.91 Å². The molecule has 0 bridgehead atoms. The number of rotatable bonds is 7. The zero-order valence-electron chi connectivity index (χ0n) is 17.7. The first-order valence-electron chi connectivity index (χ1n) is 10.3. The third kappa shape index (κ3) is 6.81. The average Bonchev–Trinajstić information content (AvgIpc) is 2.85. The largest absolute Gasteiger partial charge is 0.490 e. The lowest BCUT2D eigenvalue weighted by Gasteiger charge is -2.38. The number of halogens is 2. The van der Waals surface area contributed by atoms with Gasteiger partial charge in [-0.3, -0.25) is 9.69 Å². The van der Waals surface area contributed by atoms with Crippen LogP contribution in [0.2, 0.25) is 0 Å². The first-order chi connectivity index (χ1) is 14.7. The highest BCUT2D eigenvalue weighted by molar-refractivity contribution is 5.77. The Hall–Kier alpha value is -1.85. The van der Waals surface area contributed by atoms with Gasteiger partial charge in [0.05, 0.1) is 12.1 Å². The van der Waals surface area contributed by atoms with Crippen LogP contribution in [-0.4, -0.2) is 103 Å². The molecular weight excluding hydrogens is 414 g/mol. The molecule has 1 aromatic rings. The molecule has 2 saturated heterocycles. The molecule has 0 saturated carbocycles.